The van der Waals surface area contributed by atoms with E-state index >= 15 is 0 Å². The Morgan fingerprint density at radius 2 is 1.72 bits per heavy atom. The van der Waals surface area contributed by atoms with Crippen molar-refractivity contribution < 1.29 is 14.3 Å². The highest BCUT2D eigenvalue weighted by molar-refractivity contribution is 6.31. The predicted octanol–water partition coefficient (Wildman–Crippen LogP) is 3.38. The van der Waals surface area contributed by atoms with Crippen LogP contribution in [-0.2, 0) is 9.53 Å². The number of nitrogens with zero attached hydrogens (tertiary/aromatic N) is 4. The van der Waals surface area contributed by atoms with Gasteiger partial charge in [-0.15, -0.1) is 0 Å². The Kier molecular flexibility index (Phi) is 6.59. The molecule has 8 heteroatoms. The van der Waals surface area contributed by atoms with Gasteiger partial charge in [0.1, 0.15) is 11.6 Å². The first-order valence-electron chi connectivity index (χ1n) is 11.7. The second-order valence-electron chi connectivity index (χ2n) is 10.2. The lowest BCUT2D eigenvalue weighted by Gasteiger charge is -2.44. The highest BCUT2D eigenvalue weighted by Gasteiger charge is 2.43. The molecular weight excluding hydrogens is 428 g/mol. The molecule has 0 radical (unpaired) electrons. The molecule has 0 aromatic heterocycles. The van der Waals surface area contributed by atoms with E-state index in [1.54, 1.807) is 4.90 Å². The van der Waals surface area contributed by atoms with Gasteiger partial charge in [0.2, 0.25) is 5.91 Å². The highest BCUT2D eigenvalue weighted by atomic mass is 35.5. The topological polar surface area (TPSA) is 56.3 Å². The summed E-state index contributed by atoms with van der Waals surface area (Å²) >= 11 is 6.30. The molecule has 2 saturated heterocycles. The maximum absolute atomic E-state index is 13.6. The summed E-state index contributed by atoms with van der Waals surface area (Å²) in [4.78, 5) is 34.7. The number of rotatable bonds is 3. The van der Waals surface area contributed by atoms with E-state index in [9.17, 15) is 9.59 Å². The van der Waals surface area contributed by atoms with Crippen LogP contribution in [0.5, 0.6) is 0 Å². The summed E-state index contributed by atoms with van der Waals surface area (Å²) < 4.78 is 5.63. The summed E-state index contributed by atoms with van der Waals surface area (Å²) in [5.41, 5.74) is 1.56. The lowest BCUT2D eigenvalue weighted by Crippen LogP contribution is -2.63. The van der Waals surface area contributed by atoms with Gasteiger partial charge in [0, 0.05) is 62.6 Å². The van der Waals surface area contributed by atoms with Crippen molar-refractivity contribution in [2.75, 3.05) is 50.7 Å². The van der Waals surface area contributed by atoms with Crippen LogP contribution in [0, 0.1) is 6.92 Å². The van der Waals surface area contributed by atoms with Crippen molar-refractivity contribution in [1.82, 2.24) is 14.7 Å². The monoisotopic (exact) mass is 462 g/mol. The van der Waals surface area contributed by atoms with Gasteiger partial charge in [-0.3, -0.25) is 14.6 Å². The van der Waals surface area contributed by atoms with Gasteiger partial charge in [0.05, 0.1) is 0 Å². The first kappa shape index (κ1) is 23.2. The Hall–Kier alpha value is -1.99. The second kappa shape index (κ2) is 9.10. The van der Waals surface area contributed by atoms with E-state index in [1.807, 2.05) is 44.7 Å². The molecule has 32 heavy (non-hydrogen) atoms. The van der Waals surface area contributed by atoms with Crippen LogP contribution in [0.3, 0.4) is 0 Å². The molecule has 3 aliphatic rings. The zero-order chi connectivity index (χ0) is 23.0. The van der Waals surface area contributed by atoms with E-state index in [2.05, 4.69) is 15.9 Å². The summed E-state index contributed by atoms with van der Waals surface area (Å²) in [6.45, 7) is 12.3. The zero-order valence-corrected chi connectivity index (χ0v) is 20.4. The maximum atomic E-state index is 13.6. The first-order chi connectivity index (χ1) is 15.1. The Balaban J connectivity index is 1.42. The molecule has 0 bridgehead atoms. The number of piperazine rings is 2. The summed E-state index contributed by atoms with van der Waals surface area (Å²) in [6, 6.07) is 6.18. The molecule has 0 spiro atoms. The predicted molar refractivity (Wildman–Crippen MR) is 126 cm³/mol. The molecule has 2 aliphatic heterocycles. The van der Waals surface area contributed by atoms with Crippen LogP contribution in [0.25, 0.3) is 0 Å². The molecule has 1 saturated carbocycles. The van der Waals surface area contributed by atoms with Crippen molar-refractivity contribution in [3.8, 4) is 0 Å². The molecule has 2 amide bonds. The minimum absolute atomic E-state index is 0.0304. The lowest BCUT2D eigenvalue weighted by molar-refractivity contribution is -0.139. The summed E-state index contributed by atoms with van der Waals surface area (Å²) in [6.07, 6.45) is 1.98. The standard InChI is InChI=1S/C24H35ClN4O3/c1-17-5-6-19(15-20(17)25)26-9-11-27(12-10-26)22(30)21-16-28(18-7-8-18)13-14-29(21)23(31)32-24(2,3)4/h5-6,15,18,21H,7-14,16H2,1-4H3/t21-/m1/s1. The number of aryl methyl sites for hydroxylation is 1. The van der Waals surface area contributed by atoms with E-state index in [1.165, 1.54) is 12.8 Å². The van der Waals surface area contributed by atoms with Gasteiger partial charge in [0.25, 0.3) is 0 Å². The molecule has 3 fully saturated rings. The van der Waals surface area contributed by atoms with E-state index < -0.39 is 11.6 Å². The van der Waals surface area contributed by atoms with Crippen molar-refractivity contribution in [3.05, 3.63) is 28.8 Å². The molecule has 0 unspecified atom stereocenters. The average molecular weight is 463 g/mol. The number of amides is 2. The van der Waals surface area contributed by atoms with E-state index in [4.69, 9.17) is 16.3 Å². The first-order valence-corrected chi connectivity index (χ1v) is 12.0. The third-order valence-electron chi connectivity index (χ3n) is 6.50. The smallest absolute Gasteiger partial charge is 0.411 e. The quantitative estimate of drug-likeness (QED) is 0.689. The van der Waals surface area contributed by atoms with Crippen LogP contribution in [0.15, 0.2) is 18.2 Å². The third kappa shape index (κ3) is 5.31. The van der Waals surface area contributed by atoms with Gasteiger partial charge in [-0.1, -0.05) is 17.7 Å². The number of hydrogen-bond donors (Lipinski definition) is 0. The number of carbonyl (C=O) groups excluding carboxylic acids is 2. The fourth-order valence-corrected chi connectivity index (χ4v) is 4.67. The van der Waals surface area contributed by atoms with Crippen molar-refractivity contribution in [1.29, 1.82) is 0 Å². The molecule has 1 aromatic rings. The molecule has 7 nitrogen and oxygen atoms in total. The Morgan fingerprint density at radius 1 is 1.03 bits per heavy atom. The van der Waals surface area contributed by atoms with Gasteiger partial charge < -0.3 is 14.5 Å². The number of hydrogen-bond acceptors (Lipinski definition) is 5. The van der Waals surface area contributed by atoms with Crippen LogP contribution in [0.4, 0.5) is 10.5 Å². The zero-order valence-electron chi connectivity index (χ0n) is 19.6. The number of carbonyl (C=O) groups is 2. The molecule has 0 N–H and O–H groups in total. The number of anilines is 1. The normalized spacial score (nSPS) is 22.8. The van der Waals surface area contributed by atoms with E-state index in [0.717, 1.165) is 35.9 Å². The van der Waals surface area contributed by atoms with Crippen LogP contribution >= 0.6 is 11.6 Å². The molecule has 2 heterocycles. The minimum atomic E-state index is -0.584. The molecule has 1 aliphatic carbocycles. The summed E-state index contributed by atoms with van der Waals surface area (Å²) in [5, 5.41) is 0.761. The third-order valence-corrected chi connectivity index (χ3v) is 6.91. The number of ether oxygens (including phenoxy) is 1. The lowest BCUT2D eigenvalue weighted by atomic mass is 10.1. The second-order valence-corrected chi connectivity index (χ2v) is 10.6. The Labute approximate surface area is 196 Å². The molecule has 1 aromatic carbocycles. The SMILES string of the molecule is Cc1ccc(N2CCN(C(=O)[C@H]3CN(C4CC4)CCN3C(=O)OC(C)(C)C)CC2)cc1Cl. The van der Waals surface area contributed by atoms with Crippen LogP contribution in [0.2, 0.25) is 5.02 Å². The Bertz CT molecular complexity index is 859. The number of benzene rings is 1. The minimum Gasteiger partial charge on any atom is -0.444 e. The largest absolute Gasteiger partial charge is 0.444 e. The summed E-state index contributed by atoms with van der Waals surface area (Å²) in [5.74, 6) is 0.0304. The molecule has 1 atom stereocenters. The van der Waals surface area contributed by atoms with Crippen molar-refractivity contribution in [2.24, 2.45) is 0 Å². The fourth-order valence-electron chi connectivity index (χ4n) is 4.50. The Morgan fingerprint density at radius 3 is 2.31 bits per heavy atom. The maximum Gasteiger partial charge on any atom is 0.411 e. The highest BCUT2D eigenvalue weighted by Crippen LogP contribution is 2.30. The van der Waals surface area contributed by atoms with Crippen LogP contribution in [-0.4, -0.2) is 90.2 Å². The van der Waals surface area contributed by atoms with Crippen molar-refractivity contribution in [2.45, 2.75) is 58.2 Å². The van der Waals surface area contributed by atoms with Gasteiger partial charge in [-0.25, -0.2) is 4.79 Å². The van der Waals surface area contributed by atoms with Gasteiger partial charge in [0.15, 0.2) is 0 Å². The van der Waals surface area contributed by atoms with Gasteiger partial charge >= 0.3 is 6.09 Å². The fraction of sp³-hybridized carbons (Fsp3) is 0.667. The average Bonchev–Trinajstić information content (AvgIpc) is 3.59. The van der Waals surface area contributed by atoms with Crippen LogP contribution in [0.1, 0.15) is 39.2 Å². The van der Waals surface area contributed by atoms with Gasteiger partial charge in [-0.2, -0.15) is 0 Å². The van der Waals surface area contributed by atoms with E-state index in [0.29, 0.717) is 32.2 Å². The summed E-state index contributed by atoms with van der Waals surface area (Å²) in [7, 11) is 0. The van der Waals surface area contributed by atoms with E-state index in [-0.39, 0.29) is 12.0 Å². The van der Waals surface area contributed by atoms with Gasteiger partial charge in [-0.05, 0) is 58.2 Å². The molecule has 176 valence electrons. The molecule has 4 rings (SSSR count). The van der Waals surface area contributed by atoms with Crippen molar-refractivity contribution >= 4 is 29.3 Å². The van der Waals surface area contributed by atoms with Crippen molar-refractivity contribution in [3.63, 3.8) is 0 Å². The number of halogens is 1. The van der Waals surface area contributed by atoms with Crippen LogP contribution < -0.4 is 4.90 Å². The molecular formula is C24H35ClN4O3.